The molecule has 0 saturated carbocycles. The van der Waals surface area contributed by atoms with Gasteiger partial charge in [0.25, 0.3) is 0 Å². The zero-order valence-electron chi connectivity index (χ0n) is 15.2. The van der Waals surface area contributed by atoms with E-state index in [1.165, 1.54) is 32.8 Å². The number of phenols is 1. The molecule has 0 fully saturated rings. The molecule has 0 aliphatic rings. The van der Waals surface area contributed by atoms with Crippen molar-refractivity contribution in [1.29, 1.82) is 0 Å². The second kappa shape index (κ2) is 12.8. The van der Waals surface area contributed by atoms with Crippen LogP contribution in [-0.2, 0) is 11.3 Å². The fourth-order valence-corrected chi connectivity index (χ4v) is 2.19. The van der Waals surface area contributed by atoms with Crippen LogP contribution in [0.1, 0.15) is 58.9 Å². The van der Waals surface area contributed by atoms with Gasteiger partial charge in [0.05, 0.1) is 7.11 Å². The number of amides is 1. The standard InChI is InChI=1S/C17H27NO3.Na.H/c1-3-4-5-6-7-8-9-17(20)18-13-14-10-11-15(19)16(12-14)21-2;;/h10-12,19H,3-9,13H2,1-2H3,(H,18,20);;/q;+1;-1. The van der Waals surface area contributed by atoms with Gasteiger partial charge in [0.1, 0.15) is 0 Å². The Kier molecular flexibility index (Phi) is 12.4. The number of carbonyl (C=O) groups is 1. The molecule has 5 heteroatoms. The maximum absolute atomic E-state index is 11.7. The van der Waals surface area contributed by atoms with Gasteiger partial charge in [-0.15, -0.1) is 0 Å². The summed E-state index contributed by atoms with van der Waals surface area (Å²) in [5.74, 6) is 0.620. The summed E-state index contributed by atoms with van der Waals surface area (Å²) in [5, 5.41) is 12.4. The molecule has 0 spiro atoms. The molecule has 0 bridgehead atoms. The SMILES string of the molecule is CCCCCCCCC(=O)NCc1ccc(O)c(OC)c1.[H-].[Na+]. The Balaban J connectivity index is 0. The Morgan fingerprint density at radius 3 is 2.59 bits per heavy atom. The van der Waals surface area contributed by atoms with E-state index in [1.807, 2.05) is 0 Å². The second-order valence-corrected chi connectivity index (χ2v) is 5.30. The van der Waals surface area contributed by atoms with Crippen molar-refractivity contribution in [3.63, 3.8) is 0 Å². The molecule has 0 unspecified atom stereocenters. The van der Waals surface area contributed by atoms with E-state index < -0.39 is 0 Å². The number of phenolic OH excluding ortho intramolecular Hbond substituents is 1. The number of methoxy groups -OCH3 is 1. The van der Waals surface area contributed by atoms with Gasteiger partial charge in [-0.2, -0.15) is 0 Å². The van der Waals surface area contributed by atoms with Crippen molar-refractivity contribution in [2.24, 2.45) is 0 Å². The molecule has 1 rings (SSSR count). The largest absolute Gasteiger partial charge is 1.00 e. The topological polar surface area (TPSA) is 58.6 Å². The van der Waals surface area contributed by atoms with Crippen LogP contribution in [0.25, 0.3) is 0 Å². The molecule has 2 N–H and O–H groups in total. The molecule has 1 aromatic carbocycles. The van der Waals surface area contributed by atoms with E-state index in [4.69, 9.17) is 4.74 Å². The Hall–Kier alpha value is -0.710. The smallest absolute Gasteiger partial charge is 1.00 e. The summed E-state index contributed by atoms with van der Waals surface area (Å²) in [6.07, 6.45) is 7.68. The normalized spacial score (nSPS) is 9.91. The van der Waals surface area contributed by atoms with Crippen molar-refractivity contribution in [1.82, 2.24) is 5.32 Å². The predicted molar refractivity (Wildman–Crippen MR) is 85.6 cm³/mol. The van der Waals surface area contributed by atoms with Gasteiger partial charge in [-0.05, 0) is 24.1 Å². The zero-order valence-corrected chi connectivity index (χ0v) is 16.2. The Morgan fingerprint density at radius 2 is 1.91 bits per heavy atom. The number of carbonyl (C=O) groups excluding carboxylic acids is 1. The molecule has 22 heavy (non-hydrogen) atoms. The third-order valence-electron chi connectivity index (χ3n) is 3.49. The Bertz CT molecular complexity index is 444. The minimum atomic E-state index is 0. The van der Waals surface area contributed by atoms with Crippen LogP contribution in [0.3, 0.4) is 0 Å². The van der Waals surface area contributed by atoms with Gasteiger partial charge in [0.15, 0.2) is 11.5 Å². The van der Waals surface area contributed by atoms with Crippen molar-refractivity contribution in [3.8, 4) is 11.5 Å². The first-order valence-corrected chi connectivity index (χ1v) is 7.80. The maximum atomic E-state index is 11.7. The average Bonchev–Trinajstić information content (AvgIpc) is 2.50. The van der Waals surface area contributed by atoms with Crippen molar-refractivity contribution >= 4 is 5.91 Å². The average molecular weight is 317 g/mol. The van der Waals surface area contributed by atoms with Crippen LogP contribution in [0.5, 0.6) is 11.5 Å². The van der Waals surface area contributed by atoms with Crippen molar-refractivity contribution in [3.05, 3.63) is 23.8 Å². The molecule has 120 valence electrons. The van der Waals surface area contributed by atoms with E-state index in [2.05, 4.69) is 12.2 Å². The summed E-state index contributed by atoms with van der Waals surface area (Å²) in [4.78, 5) is 11.7. The molecule has 0 aliphatic carbocycles. The minimum absolute atomic E-state index is 0. The number of hydrogen-bond donors (Lipinski definition) is 2. The van der Waals surface area contributed by atoms with Gasteiger partial charge in [0, 0.05) is 13.0 Å². The van der Waals surface area contributed by atoms with Crippen LogP contribution >= 0.6 is 0 Å². The summed E-state index contributed by atoms with van der Waals surface area (Å²) in [7, 11) is 1.51. The molecular weight excluding hydrogens is 289 g/mol. The van der Waals surface area contributed by atoms with Gasteiger partial charge in [-0.3, -0.25) is 4.79 Å². The number of unbranched alkanes of at least 4 members (excludes halogenated alkanes) is 5. The number of aromatic hydroxyl groups is 1. The monoisotopic (exact) mass is 317 g/mol. The third-order valence-corrected chi connectivity index (χ3v) is 3.49. The number of benzene rings is 1. The van der Waals surface area contributed by atoms with E-state index in [0.29, 0.717) is 18.7 Å². The van der Waals surface area contributed by atoms with Crippen LogP contribution in [0.2, 0.25) is 0 Å². The number of ether oxygens (including phenoxy) is 1. The van der Waals surface area contributed by atoms with Crippen LogP contribution in [0.4, 0.5) is 0 Å². The summed E-state index contributed by atoms with van der Waals surface area (Å²) < 4.78 is 5.04. The maximum Gasteiger partial charge on any atom is 1.00 e. The van der Waals surface area contributed by atoms with Crippen LogP contribution in [-0.4, -0.2) is 18.1 Å². The molecular formula is C17H28NNaO3. The van der Waals surface area contributed by atoms with Crippen LogP contribution in [0, 0.1) is 0 Å². The summed E-state index contributed by atoms with van der Waals surface area (Å²) >= 11 is 0. The predicted octanol–water partition coefficient (Wildman–Crippen LogP) is 0.884. The zero-order chi connectivity index (χ0) is 15.5. The van der Waals surface area contributed by atoms with E-state index in [0.717, 1.165) is 18.4 Å². The third kappa shape index (κ3) is 8.66. The summed E-state index contributed by atoms with van der Waals surface area (Å²) in [5.41, 5.74) is 0.918. The first-order chi connectivity index (χ1) is 10.2. The van der Waals surface area contributed by atoms with Gasteiger partial charge in [-0.25, -0.2) is 0 Å². The number of rotatable bonds is 10. The van der Waals surface area contributed by atoms with E-state index in [-0.39, 0.29) is 42.6 Å². The fourth-order valence-electron chi connectivity index (χ4n) is 2.19. The first-order valence-electron chi connectivity index (χ1n) is 7.80. The molecule has 0 heterocycles. The fraction of sp³-hybridized carbons (Fsp3) is 0.588. The Morgan fingerprint density at radius 1 is 1.23 bits per heavy atom. The second-order valence-electron chi connectivity index (χ2n) is 5.30. The molecule has 1 amide bonds. The van der Waals surface area contributed by atoms with E-state index >= 15 is 0 Å². The molecule has 0 saturated heterocycles. The summed E-state index contributed by atoms with van der Waals surface area (Å²) in [6.45, 7) is 2.66. The number of hydrogen-bond acceptors (Lipinski definition) is 3. The van der Waals surface area contributed by atoms with Gasteiger partial charge in [-0.1, -0.05) is 45.1 Å². The van der Waals surface area contributed by atoms with Crippen LogP contribution in [0.15, 0.2) is 18.2 Å². The quantitative estimate of drug-likeness (QED) is 0.498. The Labute approximate surface area is 157 Å². The van der Waals surface area contributed by atoms with Gasteiger partial charge < -0.3 is 16.6 Å². The molecule has 4 nitrogen and oxygen atoms in total. The number of nitrogens with one attached hydrogen (secondary N) is 1. The molecule has 1 aromatic rings. The summed E-state index contributed by atoms with van der Waals surface area (Å²) in [6, 6.07) is 5.09. The van der Waals surface area contributed by atoms with Crippen molar-refractivity contribution in [2.45, 2.75) is 58.4 Å². The van der Waals surface area contributed by atoms with E-state index in [1.54, 1.807) is 18.2 Å². The van der Waals surface area contributed by atoms with Crippen molar-refractivity contribution < 1.29 is 45.6 Å². The molecule has 0 atom stereocenters. The van der Waals surface area contributed by atoms with Gasteiger partial charge in [0.2, 0.25) is 5.91 Å². The van der Waals surface area contributed by atoms with Crippen molar-refractivity contribution in [2.75, 3.05) is 7.11 Å². The molecule has 0 aliphatic heterocycles. The van der Waals surface area contributed by atoms with Gasteiger partial charge >= 0.3 is 29.6 Å². The van der Waals surface area contributed by atoms with Crippen LogP contribution < -0.4 is 39.6 Å². The molecule has 0 aromatic heterocycles. The minimum Gasteiger partial charge on any atom is -1.00 e. The molecule has 0 radical (unpaired) electrons. The van der Waals surface area contributed by atoms with E-state index in [9.17, 15) is 9.90 Å². The first kappa shape index (κ1) is 21.3.